The fraction of sp³-hybridized carbons (Fsp3) is 0.417. The molecule has 16 heavy (non-hydrogen) atoms. The Labute approximate surface area is 100.0 Å². The molecule has 2 rings (SSSR count). The predicted octanol–water partition coefficient (Wildman–Crippen LogP) is 2.48. The van der Waals surface area contributed by atoms with Gasteiger partial charge < -0.3 is 10.6 Å². The van der Waals surface area contributed by atoms with Gasteiger partial charge in [-0.2, -0.15) is 11.8 Å². The van der Waals surface area contributed by atoms with Gasteiger partial charge >= 0.3 is 0 Å². The van der Waals surface area contributed by atoms with Crippen LogP contribution >= 0.6 is 11.8 Å². The lowest BCUT2D eigenvalue weighted by Crippen LogP contribution is -2.39. The van der Waals surface area contributed by atoms with Crippen LogP contribution in [0.3, 0.4) is 0 Å². The van der Waals surface area contributed by atoms with Gasteiger partial charge in [-0.05, 0) is 37.0 Å². The van der Waals surface area contributed by atoms with Gasteiger partial charge in [0.25, 0.3) is 0 Å². The predicted molar refractivity (Wildman–Crippen MR) is 70.2 cm³/mol. The summed E-state index contributed by atoms with van der Waals surface area (Å²) >= 11 is 1.76. The molecule has 0 fully saturated rings. The van der Waals surface area contributed by atoms with Crippen molar-refractivity contribution in [1.29, 1.82) is 0 Å². The second-order valence-electron chi connectivity index (χ2n) is 3.97. The van der Waals surface area contributed by atoms with Crippen LogP contribution in [-0.2, 0) is 4.79 Å². The van der Waals surface area contributed by atoms with Crippen LogP contribution in [0.1, 0.15) is 12.0 Å². The molecule has 3 nitrogen and oxygen atoms in total. The van der Waals surface area contributed by atoms with Crippen molar-refractivity contribution in [2.75, 3.05) is 22.6 Å². The van der Waals surface area contributed by atoms with Crippen LogP contribution in [0, 0.1) is 6.92 Å². The van der Waals surface area contributed by atoms with Crippen LogP contribution < -0.4 is 10.6 Å². The summed E-state index contributed by atoms with van der Waals surface area (Å²) in [6.45, 7) is 2.00. The number of thioether (sulfide) groups is 1. The van der Waals surface area contributed by atoms with E-state index in [0.29, 0.717) is 0 Å². The van der Waals surface area contributed by atoms with Crippen LogP contribution in [0.25, 0.3) is 0 Å². The Morgan fingerprint density at radius 1 is 1.44 bits per heavy atom. The number of nitrogens with one attached hydrogen (secondary N) is 2. The zero-order valence-electron chi connectivity index (χ0n) is 9.54. The minimum atomic E-state index is -0.0956. The zero-order chi connectivity index (χ0) is 11.5. The largest absolute Gasteiger partial charge is 0.372 e. The summed E-state index contributed by atoms with van der Waals surface area (Å²) in [5, 5.41) is 6.27. The highest BCUT2D eigenvalue weighted by molar-refractivity contribution is 7.98. The third kappa shape index (κ3) is 2.16. The summed E-state index contributed by atoms with van der Waals surface area (Å²) in [6, 6.07) is 5.92. The summed E-state index contributed by atoms with van der Waals surface area (Å²) in [6.07, 6.45) is 2.92. The lowest BCUT2D eigenvalue weighted by atomic mass is 10.1. The van der Waals surface area contributed by atoms with E-state index >= 15 is 0 Å². The van der Waals surface area contributed by atoms with Gasteiger partial charge in [0.1, 0.15) is 6.04 Å². The van der Waals surface area contributed by atoms with Crippen molar-refractivity contribution in [2.24, 2.45) is 0 Å². The smallest absolute Gasteiger partial charge is 0.246 e. The van der Waals surface area contributed by atoms with Gasteiger partial charge in [0.15, 0.2) is 0 Å². The Morgan fingerprint density at radius 2 is 2.25 bits per heavy atom. The molecule has 1 amide bonds. The molecule has 0 spiro atoms. The highest BCUT2D eigenvalue weighted by atomic mass is 32.2. The van der Waals surface area contributed by atoms with Crippen molar-refractivity contribution < 1.29 is 4.79 Å². The molecule has 1 aromatic carbocycles. The van der Waals surface area contributed by atoms with E-state index in [9.17, 15) is 4.79 Å². The van der Waals surface area contributed by atoms with E-state index in [1.807, 2.05) is 25.1 Å². The number of carbonyl (C=O) groups is 1. The second kappa shape index (κ2) is 4.78. The standard InChI is InChI=1S/C12H16N2OS/c1-8-4-3-5-9-11(8)14-12(15)10(13-9)6-7-16-2/h3-5,10,13H,6-7H2,1-2H3,(H,14,15). The van der Waals surface area contributed by atoms with Crippen LogP contribution in [0.15, 0.2) is 18.2 Å². The Balaban J connectivity index is 2.19. The fourth-order valence-corrected chi connectivity index (χ4v) is 2.33. The normalized spacial score (nSPS) is 18.6. The van der Waals surface area contributed by atoms with E-state index in [1.54, 1.807) is 11.8 Å². The lowest BCUT2D eigenvalue weighted by molar-refractivity contribution is -0.117. The SMILES string of the molecule is CSCCC1Nc2cccc(C)c2NC1=O. The first-order valence-electron chi connectivity index (χ1n) is 5.38. The molecule has 1 aliphatic heterocycles. The van der Waals surface area contributed by atoms with Crippen LogP contribution in [-0.4, -0.2) is 24.0 Å². The maximum atomic E-state index is 11.8. The Bertz CT molecular complexity index is 406. The first-order chi connectivity index (χ1) is 7.72. The summed E-state index contributed by atoms with van der Waals surface area (Å²) in [4.78, 5) is 11.8. The molecule has 4 heteroatoms. The summed E-state index contributed by atoms with van der Waals surface area (Å²) in [7, 11) is 0. The van der Waals surface area contributed by atoms with Crippen molar-refractivity contribution in [3.63, 3.8) is 0 Å². The Kier molecular flexibility index (Phi) is 3.39. The maximum absolute atomic E-state index is 11.8. The number of rotatable bonds is 3. The highest BCUT2D eigenvalue weighted by Crippen LogP contribution is 2.30. The minimum absolute atomic E-state index is 0.0795. The second-order valence-corrected chi connectivity index (χ2v) is 4.95. The molecule has 2 N–H and O–H groups in total. The van der Waals surface area contributed by atoms with Crippen molar-refractivity contribution in [2.45, 2.75) is 19.4 Å². The minimum Gasteiger partial charge on any atom is -0.372 e. The van der Waals surface area contributed by atoms with Crippen molar-refractivity contribution in [3.8, 4) is 0 Å². The van der Waals surface area contributed by atoms with Gasteiger partial charge in [-0.25, -0.2) is 0 Å². The van der Waals surface area contributed by atoms with Crippen molar-refractivity contribution in [1.82, 2.24) is 0 Å². The topological polar surface area (TPSA) is 41.1 Å². The molecular formula is C12H16N2OS. The molecule has 0 radical (unpaired) electrons. The molecule has 0 bridgehead atoms. The molecule has 1 aliphatic rings. The van der Waals surface area contributed by atoms with Gasteiger partial charge in [-0.3, -0.25) is 4.79 Å². The zero-order valence-corrected chi connectivity index (χ0v) is 10.4. The molecule has 0 saturated heterocycles. The Morgan fingerprint density at radius 3 is 3.00 bits per heavy atom. The molecule has 86 valence electrons. The molecule has 1 heterocycles. The molecule has 0 aliphatic carbocycles. The van der Waals surface area contributed by atoms with E-state index in [2.05, 4.69) is 16.9 Å². The number of anilines is 2. The molecule has 0 aromatic heterocycles. The van der Waals surface area contributed by atoms with Gasteiger partial charge in [0, 0.05) is 0 Å². The molecule has 1 unspecified atom stereocenters. The van der Waals surface area contributed by atoms with Crippen LogP contribution in [0.4, 0.5) is 11.4 Å². The number of benzene rings is 1. The van der Waals surface area contributed by atoms with E-state index in [-0.39, 0.29) is 11.9 Å². The maximum Gasteiger partial charge on any atom is 0.246 e. The summed E-state index contributed by atoms with van der Waals surface area (Å²) in [5.41, 5.74) is 3.06. The van der Waals surface area contributed by atoms with Crippen molar-refractivity contribution >= 4 is 29.0 Å². The first-order valence-corrected chi connectivity index (χ1v) is 6.77. The number of carbonyl (C=O) groups excluding carboxylic acids is 1. The number of para-hydroxylation sites is 1. The van der Waals surface area contributed by atoms with E-state index < -0.39 is 0 Å². The summed E-state index contributed by atoms with van der Waals surface area (Å²) in [5.74, 6) is 1.07. The number of hydrogen-bond acceptors (Lipinski definition) is 3. The molecule has 1 atom stereocenters. The number of fused-ring (bicyclic) bond motifs is 1. The number of amides is 1. The Hall–Kier alpha value is -1.16. The average Bonchev–Trinajstić information content (AvgIpc) is 2.28. The van der Waals surface area contributed by atoms with E-state index in [0.717, 1.165) is 29.1 Å². The average molecular weight is 236 g/mol. The van der Waals surface area contributed by atoms with Gasteiger partial charge in [-0.1, -0.05) is 12.1 Å². The highest BCUT2D eigenvalue weighted by Gasteiger charge is 2.25. The molecular weight excluding hydrogens is 220 g/mol. The molecule has 1 aromatic rings. The van der Waals surface area contributed by atoms with E-state index in [4.69, 9.17) is 0 Å². The fourth-order valence-electron chi connectivity index (χ4n) is 1.86. The number of hydrogen-bond donors (Lipinski definition) is 2. The first kappa shape index (κ1) is 11.3. The van der Waals surface area contributed by atoms with Crippen LogP contribution in [0.2, 0.25) is 0 Å². The molecule has 0 saturated carbocycles. The van der Waals surface area contributed by atoms with Gasteiger partial charge in [0.05, 0.1) is 11.4 Å². The quantitative estimate of drug-likeness (QED) is 0.847. The van der Waals surface area contributed by atoms with Gasteiger partial charge in [0.2, 0.25) is 5.91 Å². The van der Waals surface area contributed by atoms with Crippen molar-refractivity contribution in [3.05, 3.63) is 23.8 Å². The third-order valence-corrected chi connectivity index (χ3v) is 3.42. The monoisotopic (exact) mass is 236 g/mol. The number of aryl methyl sites for hydroxylation is 1. The summed E-state index contributed by atoms with van der Waals surface area (Å²) < 4.78 is 0. The van der Waals surface area contributed by atoms with Crippen LogP contribution in [0.5, 0.6) is 0 Å². The third-order valence-electron chi connectivity index (χ3n) is 2.78. The van der Waals surface area contributed by atoms with Gasteiger partial charge in [-0.15, -0.1) is 0 Å². The van der Waals surface area contributed by atoms with E-state index in [1.165, 1.54) is 0 Å². The lowest BCUT2D eigenvalue weighted by Gasteiger charge is -2.27.